The van der Waals surface area contributed by atoms with Gasteiger partial charge in [-0.3, -0.25) is 18.5 Å². The quantitative estimate of drug-likeness (QED) is 0.332. The van der Waals surface area contributed by atoms with Gasteiger partial charge in [0.25, 0.3) is 24.0 Å². The summed E-state index contributed by atoms with van der Waals surface area (Å²) >= 11 is 0. The van der Waals surface area contributed by atoms with Crippen LogP contribution >= 0.6 is 0 Å². The SMILES string of the molecule is Cc1cn(C2CC(O[Si](c3ccccc3)(c3ccccc3)C(C)(C)C)C(COS(C)(=O)=O)O2)c(=O)[nH]c1=O. The molecule has 0 bridgehead atoms. The highest BCUT2D eigenvalue weighted by atomic mass is 32.2. The van der Waals surface area contributed by atoms with Gasteiger partial charge in [0, 0.05) is 18.2 Å². The largest absolute Gasteiger partial charge is 0.402 e. The lowest BCUT2D eigenvalue weighted by atomic mass is 10.2. The molecule has 204 valence electrons. The van der Waals surface area contributed by atoms with E-state index < -0.39 is 48.1 Å². The van der Waals surface area contributed by atoms with Crippen LogP contribution in [0.2, 0.25) is 5.04 Å². The summed E-state index contributed by atoms with van der Waals surface area (Å²) in [6.45, 7) is 7.76. The topological polar surface area (TPSA) is 117 Å². The fourth-order valence-electron chi connectivity index (χ4n) is 5.05. The van der Waals surface area contributed by atoms with Crippen LogP contribution in [0.4, 0.5) is 0 Å². The van der Waals surface area contributed by atoms with E-state index in [4.69, 9.17) is 13.3 Å². The molecule has 1 aromatic heterocycles. The van der Waals surface area contributed by atoms with Gasteiger partial charge >= 0.3 is 5.69 Å². The fourth-order valence-corrected chi connectivity index (χ4v) is 10.2. The summed E-state index contributed by atoms with van der Waals surface area (Å²) in [4.78, 5) is 26.9. The molecule has 0 spiro atoms. The molecule has 4 rings (SSSR count). The van der Waals surface area contributed by atoms with Crippen molar-refractivity contribution in [3.8, 4) is 0 Å². The van der Waals surface area contributed by atoms with Crippen molar-refractivity contribution < 1.29 is 21.8 Å². The van der Waals surface area contributed by atoms with E-state index in [1.165, 1.54) is 10.8 Å². The maximum absolute atomic E-state index is 12.7. The molecule has 1 aliphatic heterocycles. The predicted molar refractivity (Wildman–Crippen MR) is 148 cm³/mol. The third-order valence-electron chi connectivity index (χ3n) is 6.83. The maximum Gasteiger partial charge on any atom is 0.330 e. The van der Waals surface area contributed by atoms with E-state index in [-0.39, 0.29) is 18.1 Å². The minimum Gasteiger partial charge on any atom is -0.402 e. The van der Waals surface area contributed by atoms with Crippen LogP contribution in [0.25, 0.3) is 0 Å². The number of aryl methyl sites for hydroxylation is 1. The van der Waals surface area contributed by atoms with Gasteiger partial charge in [0.05, 0.1) is 19.0 Å². The first-order valence-electron chi connectivity index (χ1n) is 12.4. The van der Waals surface area contributed by atoms with Gasteiger partial charge in [-0.05, 0) is 22.3 Å². The minimum absolute atomic E-state index is 0.258. The normalized spacial score (nSPS) is 20.5. The lowest BCUT2D eigenvalue weighted by Crippen LogP contribution is -2.68. The Morgan fingerprint density at radius 2 is 1.58 bits per heavy atom. The monoisotopic (exact) mass is 558 g/mol. The van der Waals surface area contributed by atoms with Crippen LogP contribution in [0, 0.1) is 6.92 Å². The Bertz CT molecular complexity index is 1440. The van der Waals surface area contributed by atoms with Crippen LogP contribution < -0.4 is 21.6 Å². The van der Waals surface area contributed by atoms with E-state index in [0.717, 1.165) is 16.6 Å². The van der Waals surface area contributed by atoms with E-state index >= 15 is 0 Å². The smallest absolute Gasteiger partial charge is 0.330 e. The third-order valence-corrected chi connectivity index (χ3v) is 12.5. The van der Waals surface area contributed by atoms with Crippen molar-refractivity contribution in [1.82, 2.24) is 9.55 Å². The molecule has 9 nitrogen and oxygen atoms in total. The molecule has 1 N–H and O–H groups in total. The first kappa shape index (κ1) is 28.2. The molecule has 0 radical (unpaired) electrons. The van der Waals surface area contributed by atoms with Gasteiger partial charge in [0.15, 0.2) is 0 Å². The minimum atomic E-state index is -3.75. The zero-order valence-corrected chi connectivity index (χ0v) is 24.0. The van der Waals surface area contributed by atoms with Gasteiger partial charge in [0.2, 0.25) is 0 Å². The van der Waals surface area contributed by atoms with Crippen LogP contribution in [0.3, 0.4) is 0 Å². The summed E-state index contributed by atoms with van der Waals surface area (Å²) in [6, 6.07) is 20.1. The van der Waals surface area contributed by atoms with E-state index in [0.29, 0.717) is 5.56 Å². The van der Waals surface area contributed by atoms with Crippen molar-refractivity contribution >= 4 is 28.8 Å². The number of aromatic amines is 1. The molecule has 3 atom stereocenters. The number of aromatic nitrogens is 2. The average Bonchev–Trinajstić information content (AvgIpc) is 3.25. The number of H-pyrrole nitrogens is 1. The zero-order valence-electron chi connectivity index (χ0n) is 22.2. The molecule has 2 aromatic carbocycles. The second-order valence-corrected chi connectivity index (χ2v) is 16.5. The fraction of sp³-hybridized carbons (Fsp3) is 0.407. The molecule has 3 unspecified atom stereocenters. The molecule has 11 heteroatoms. The number of rotatable bonds is 8. The van der Waals surface area contributed by atoms with Gasteiger partial charge in [-0.1, -0.05) is 81.4 Å². The van der Waals surface area contributed by atoms with Gasteiger partial charge < -0.3 is 9.16 Å². The number of ether oxygens (including phenoxy) is 1. The number of hydrogen-bond donors (Lipinski definition) is 1. The van der Waals surface area contributed by atoms with Crippen molar-refractivity contribution in [3.63, 3.8) is 0 Å². The Labute approximate surface area is 223 Å². The Kier molecular flexibility index (Phi) is 7.96. The highest BCUT2D eigenvalue weighted by Gasteiger charge is 2.54. The van der Waals surface area contributed by atoms with Gasteiger partial charge in [-0.15, -0.1) is 0 Å². The van der Waals surface area contributed by atoms with Crippen LogP contribution in [0.5, 0.6) is 0 Å². The predicted octanol–water partition coefficient (Wildman–Crippen LogP) is 2.05. The highest BCUT2D eigenvalue weighted by molar-refractivity contribution is 7.85. The molecule has 0 aliphatic carbocycles. The van der Waals surface area contributed by atoms with Crippen LogP contribution in [0.15, 0.2) is 76.4 Å². The summed E-state index contributed by atoms with van der Waals surface area (Å²) in [7, 11) is -6.78. The molecule has 0 amide bonds. The lowest BCUT2D eigenvalue weighted by Gasteiger charge is -2.45. The molecule has 1 fully saturated rings. The Morgan fingerprint density at radius 1 is 1.03 bits per heavy atom. The second-order valence-electron chi connectivity index (χ2n) is 10.7. The summed E-state index contributed by atoms with van der Waals surface area (Å²) in [5.74, 6) is 0. The Balaban J connectivity index is 1.82. The van der Waals surface area contributed by atoms with Gasteiger partial charge in [0.1, 0.15) is 12.3 Å². The van der Waals surface area contributed by atoms with Crippen molar-refractivity contribution in [3.05, 3.63) is 93.3 Å². The number of nitrogens with one attached hydrogen (secondary N) is 1. The molecule has 2 heterocycles. The summed E-state index contributed by atoms with van der Waals surface area (Å²) in [5, 5.41) is 1.78. The highest BCUT2D eigenvalue weighted by Crippen LogP contribution is 2.41. The number of hydrogen-bond acceptors (Lipinski definition) is 7. The Morgan fingerprint density at radius 3 is 2.08 bits per heavy atom. The first-order chi connectivity index (χ1) is 17.8. The van der Waals surface area contributed by atoms with Crippen LogP contribution in [-0.2, 0) is 23.5 Å². The van der Waals surface area contributed by atoms with E-state index in [1.807, 2.05) is 36.4 Å². The van der Waals surface area contributed by atoms with E-state index in [2.05, 4.69) is 50.0 Å². The van der Waals surface area contributed by atoms with Crippen molar-refractivity contribution in [2.45, 2.75) is 57.6 Å². The summed E-state index contributed by atoms with van der Waals surface area (Å²) < 4.78 is 43.6. The summed E-state index contributed by atoms with van der Waals surface area (Å²) in [6.07, 6.45) is 0.518. The second kappa shape index (κ2) is 10.7. The first-order valence-corrected chi connectivity index (χ1v) is 16.1. The van der Waals surface area contributed by atoms with Crippen molar-refractivity contribution in [2.75, 3.05) is 12.9 Å². The summed E-state index contributed by atoms with van der Waals surface area (Å²) in [5.41, 5.74) is -0.728. The van der Waals surface area contributed by atoms with Gasteiger partial charge in [-0.2, -0.15) is 8.42 Å². The molecule has 38 heavy (non-hydrogen) atoms. The third kappa shape index (κ3) is 5.76. The Hall–Kier alpha value is -2.83. The zero-order chi connectivity index (χ0) is 27.7. The maximum atomic E-state index is 12.7. The molecule has 3 aromatic rings. The molecule has 1 saturated heterocycles. The number of benzene rings is 2. The molecular weight excluding hydrogens is 524 g/mol. The van der Waals surface area contributed by atoms with Crippen LogP contribution in [-0.4, -0.2) is 51.4 Å². The molecule has 1 aliphatic rings. The average molecular weight is 559 g/mol. The lowest BCUT2D eigenvalue weighted by molar-refractivity contribution is -0.0373. The van der Waals surface area contributed by atoms with Crippen molar-refractivity contribution in [2.24, 2.45) is 0 Å². The van der Waals surface area contributed by atoms with Gasteiger partial charge in [-0.25, -0.2) is 4.79 Å². The molecule has 0 saturated carbocycles. The molecular formula is C27H34N2O7SSi. The van der Waals surface area contributed by atoms with E-state index in [9.17, 15) is 18.0 Å². The van der Waals surface area contributed by atoms with E-state index in [1.54, 1.807) is 6.92 Å². The number of nitrogens with zero attached hydrogens (tertiary/aromatic N) is 1. The van der Waals surface area contributed by atoms with Crippen LogP contribution in [0.1, 0.15) is 39.0 Å². The van der Waals surface area contributed by atoms with Crippen molar-refractivity contribution in [1.29, 1.82) is 0 Å². The standard InChI is InChI=1S/C27H34N2O7SSi/c1-19-17-29(26(31)28-25(19)30)24-16-22(23(35-24)18-34-37(5,32)33)36-38(27(2,3)4,20-12-8-6-9-13-20)21-14-10-7-11-15-21/h6-15,17,22-24H,16,18H2,1-5H3,(H,28,30,31).